The SMILES string of the molecule is CC1CN(c2oc(C=C3SC(=S)N(CCc4ccccc4)C3=O)nc2C#N)CC(C)O1. The van der Waals surface area contributed by atoms with Gasteiger partial charge in [0, 0.05) is 25.7 Å². The van der Waals surface area contributed by atoms with Crippen molar-refractivity contribution in [2.45, 2.75) is 32.5 Å². The summed E-state index contributed by atoms with van der Waals surface area (Å²) in [5.41, 5.74) is 1.35. The maximum absolute atomic E-state index is 12.9. The average molecular weight is 455 g/mol. The van der Waals surface area contributed by atoms with Crippen LogP contribution in [-0.2, 0) is 16.0 Å². The Bertz CT molecular complexity index is 1050. The first kappa shape index (κ1) is 21.6. The number of carbonyl (C=O) groups is 1. The van der Waals surface area contributed by atoms with Gasteiger partial charge in [0.05, 0.1) is 17.1 Å². The third kappa shape index (κ3) is 4.82. The highest BCUT2D eigenvalue weighted by atomic mass is 32.2. The van der Waals surface area contributed by atoms with E-state index in [1.54, 1.807) is 11.0 Å². The van der Waals surface area contributed by atoms with E-state index in [0.29, 0.717) is 34.7 Å². The Hall–Kier alpha value is -2.67. The van der Waals surface area contributed by atoms with Crippen LogP contribution in [0.3, 0.4) is 0 Å². The Labute approximate surface area is 190 Å². The highest BCUT2D eigenvalue weighted by Crippen LogP contribution is 2.34. The molecule has 0 saturated carbocycles. The molecule has 0 N–H and O–H groups in total. The van der Waals surface area contributed by atoms with Gasteiger partial charge in [-0.05, 0) is 25.8 Å². The zero-order valence-electron chi connectivity index (χ0n) is 17.3. The molecule has 0 spiro atoms. The molecule has 2 aliphatic heterocycles. The first-order valence-corrected chi connectivity index (χ1v) is 11.3. The summed E-state index contributed by atoms with van der Waals surface area (Å²) in [5, 5.41) is 9.52. The topological polar surface area (TPSA) is 82.6 Å². The fourth-order valence-electron chi connectivity index (χ4n) is 3.71. The van der Waals surface area contributed by atoms with Crippen LogP contribution in [0.1, 0.15) is 31.0 Å². The minimum Gasteiger partial charge on any atom is -0.420 e. The number of rotatable bonds is 5. The summed E-state index contributed by atoms with van der Waals surface area (Å²) in [6.45, 7) is 5.68. The molecular formula is C22H22N4O3S2. The van der Waals surface area contributed by atoms with Crippen molar-refractivity contribution in [1.82, 2.24) is 9.88 Å². The molecular weight excluding hydrogens is 432 g/mol. The van der Waals surface area contributed by atoms with Gasteiger partial charge in [-0.1, -0.05) is 54.3 Å². The van der Waals surface area contributed by atoms with Gasteiger partial charge in [0.15, 0.2) is 0 Å². The molecule has 2 fully saturated rings. The Balaban J connectivity index is 1.51. The van der Waals surface area contributed by atoms with E-state index in [1.165, 1.54) is 11.8 Å². The minimum absolute atomic E-state index is 0.0182. The number of morpholine rings is 1. The molecule has 0 radical (unpaired) electrons. The number of carbonyl (C=O) groups excluding carboxylic acids is 1. The van der Waals surface area contributed by atoms with Gasteiger partial charge in [-0.15, -0.1) is 0 Å². The van der Waals surface area contributed by atoms with Crippen molar-refractivity contribution >= 4 is 46.2 Å². The molecule has 9 heteroatoms. The smallest absolute Gasteiger partial charge is 0.266 e. The lowest BCUT2D eigenvalue weighted by molar-refractivity contribution is -0.122. The van der Waals surface area contributed by atoms with Gasteiger partial charge in [0.25, 0.3) is 5.91 Å². The van der Waals surface area contributed by atoms with Gasteiger partial charge >= 0.3 is 0 Å². The zero-order valence-corrected chi connectivity index (χ0v) is 18.9. The van der Waals surface area contributed by atoms with Crippen LogP contribution >= 0.6 is 24.0 Å². The Kier molecular flexibility index (Phi) is 6.41. The highest BCUT2D eigenvalue weighted by molar-refractivity contribution is 8.26. The van der Waals surface area contributed by atoms with Crippen molar-refractivity contribution in [3.05, 3.63) is 52.4 Å². The van der Waals surface area contributed by atoms with Crippen molar-refractivity contribution in [3.63, 3.8) is 0 Å². The van der Waals surface area contributed by atoms with Gasteiger partial charge in [-0.25, -0.2) is 0 Å². The molecule has 7 nitrogen and oxygen atoms in total. The summed E-state index contributed by atoms with van der Waals surface area (Å²) >= 11 is 6.63. The van der Waals surface area contributed by atoms with E-state index in [4.69, 9.17) is 21.4 Å². The molecule has 0 bridgehead atoms. The van der Waals surface area contributed by atoms with E-state index in [2.05, 4.69) is 11.1 Å². The second-order valence-electron chi connectivity index (χ2n) is 7.55. The third-order valence-corrected chi connectivity index (χ3v) is 6.41. The largest absolute Gasteiger partial charge is 0.420 e. The molecule has 2 atom stereocenters. The second-order valence-corrected chi connectivity index (χ2v) is 9.22. The van der Waals surface area contributed by atoms with Gasteiger partial charge < -0.3 is 14.1 Å². The fourth-order valence-corrected chi connectivity index (χ4v) is 4.98. The standard InChI is InChI=1S/C22H22N4O3S2/c1-14-12-25(13-15(2)28-14)21-17(11-23)24-19(29-21)10-18-20(27)26(22(30)31-18)9-8-16-6-4-3-5-7-16/h3-7,10,14-15H,8-9,12-13H2,1-2H3. The minimum atomic E-state index is -0.169. The van der Waals surface area contributed by atoms with E-state index in [-0.39, 0.29) is 29.7 Å². The van der Waals surface area contributed by atoms with Gasteiger partial charge in [-0.2, -0.15) is 10.2 Å². The Morgan fingerprint density at radius 1 is 1.29 bits per heavy atom. The highest BCUT2D eigenvalue weighted by Gasteiger charge is 2.33. The van der Waals surface area contributed by atoms with Crippen molar-refractivity contribution in [3.8, 4) is 6.07 Å². The Morgan fingerprint density at radius 2 is 2.00 bits per heavy atom. The van der Waals surface area contributed by atoms with E-state index >= 15 is 0 Å². The summed E-state index contributed by atoms with van der Waals surface area (Å²) in [6.07, 6.45) is 2.32. The first-order chi connectivity index (χ1) is 14.9. The molecule has 2 aliphatic rings. The number of aromatic nitrogens is 1. The lowest BCUT2D eigenvalue weighted by Crippen LogP contribution is -2.45. The van der Waals surface area contributed by atoms with Crippen molar-refractivity contribution in [2.75, 3.05) is 24.5 Å². The number of thiocarbonyl (C=S) groups is 1. The fraction of sp³-hybridized carbons (Fsp3) is 0.364. The zero-order chi connectivity index (χ0) is 22.0. The first-order valence-electron chi connectivity index (χ1n) is 10.0. The summed E-state index contributed by atoms with van der Waals surface area (Å²) in [5.74, 6) is 0.468. The van der Waals surface area contributed by atoms with Crippen molar-refractivity contribution in [1.29, 1.82) is 5.26 Å². The van der Waals surface area contributed by atoms with E-state index in [0.717, 1.165) is 12.0 Å². The number of nitrogens with zero attached hydrogens (tertiary/aromatic N) is 4. The number of anilines is 1. The molecule has 2 unspecified atom stereocenters. The van der Waals surface area contributed by atoms with Crippen LogP contribution in [0, 0.1) is 11.3 Å². The molecule has 0 aliphatic carbocycles. The number of benzene rings is 1. The number of hydrogen-bond acceptors (Lipinski definition) is 8. The van der Waals surface area contributed by atoms with E-state index in [1.807, 2.05) is 49.1 Å². The lowest BCUT2D eigenvalue weighted by atomic mass is 10.1. The summed E-state index contributed by atoms with van der Waals surface area (Å²) in [4.78, 5) is 21.2. The van der Waals surface area contributed by atoms with Crippen LogP contribution in [0.5, 0.6) is 0 Å². The molecule has 31 heavy (non-hydrogen) atoms. The molecule has 1 amide bonds. The van der Waals surface area contributed by atoms with Crippen LogP contribution in [0.2, 0.25) is 0 Å². The monoisotopic (exact) mass is 454 g/mol. The molecule has 2 aromatic rings. The molecule has 4 rings (SSSR count). The lowest BCUT2D eigenvalue weighted by Gasteiger charge is -2.34. The molecule has 3 heterocycles. The van der Waals surface area contributed by atoms with E-state index < -0.39 is 0 Å². The summed E-state index contributed by atoms with van der Waals surface area (Å²) in [7, 11) is 0. The van der Waals surface area contributed by atoms with Crippen LogP contribution in [0.4, 0.5) is 5.88 Å². The van der Waals surface area contributed by atoms with Gasteiger partial charge in [0.2, 0.25) is 17.5 Å². The van der Waals surface area contributed by atoms with Crippen LogP contribution in [0.15, 0.2) is 39.7 Å². The van der Waals surface area contributed by atoms with Gasteiger partial charge in [0.1, 0.15) is 10.4 Å². The molecule has 1 aromatic carbocycles. The van der Waals surface area contributed by atoms with E-state index in [9.17, 15) is 10.1 Å². The molecule has 160 valence electrons. The maximum Gasteiger partial charge on any atom is 0.266 e. The average Bonchev–Trinajstić information content (AvgIpc) is 3.27. The maximum atomic E-state index is 12.9. The number of amides is 1. The van der Waals surface area contributed by atoms with Crippen LogP contribution in [-0.4, -0.2) is 52.0 Å². The summed E-state index contributed by atoms with van der Waals surface area (Å²) in [6, 6.07) is 12.1. The van der Waals surface area contributed by atoms with Crippen molar-refractivity contribution < 1.29 is 13.9 Å². The predicted octanol–water partition coefficient (Wildman–Crippen LogP) is 3.60. The number of ether oxygens (including phenoxy) is 1. The second kappa shape index (κ2) is 9.22. The summed E-state index contributed by atoms with van der Waals surface area (Å²) < 4.78 is 12.1. The third-order valence-electron chi connectivity index (χ3n) is 5.03. The van der Waals surface area contributed by atoms with Crippen molar-refractivity contribution in [2.24, 2.45) is 0 Å². The molecule has 2 saturated heterocycles. The van der Waals surface area contributed by atoms with Gasteiger partial charge in [-0.3, -0.25) is 9.69 Å². The number of oxazole rings is 1. The number of hydrogen-bond donors (Lipinski definition) is 0. The number of thioether (sulfide) groups is 1. The van der Waals surface area contributed by atoms with Crippen LogP contribution in [0.25, 0.3) is 6.08 Å². The normalized spacial score (nSPS) is 22.9. The predicted molar refractivity (Wildman–Crippen MR) is 123 cm³/mol. The quantitative estimate of drug-likeness (QED) is 0.501. The Morgan fingerprint density at radius 3 is 2.68 bits per heavy atom. The molecule has 1 aromatic heterocycles. The number of nitriles is 1. The van der Waals surface area contributed by atoms with Crippen LogP contribution < -0.4 is 4.90 Å².